The number of aryl methyl sites for hydroxylation is 1. The zero-order chi connectivity index (χ0) is 19.7. The summed E-state index contributed by atoms with van der Waals surface area (Å²) >= 11 is 6.02. The Balaban J connectivity index is 1.78. The minimum absolute atomic E-state index is 0.0345. The number of nitrogens with zero attached hydrogens (tertiary/aromatic N) is 1. The summed E-state index contributed by atoms with van der Waals surface area (Å²) in [4.78, 5) is 0.302. The van der Waals surface area contributed by atoms with E-state index >= 15 is 0 Å². The third kappa shape index (κ3) is 3.58. The number of hydrogen-bond acceptors (Lipinski definition) is 2. The Hall–Kier alpha value is -2.56. The van der Waals surface area contributed by atoms with Gasteiger partial charge in [0.15, 0.2) is 0 Å². The highest BCUT2D eigenvalue weighted by Gasteiger charge is 2.34. The van der Waals surface area contributed by atoms with Crippen LogP contribution in [-0.4, -0.2) is 19.3 Å². The molecule has 0 fully saturated rings. The molecule has 1 heterocycles. The normalized spacial score (nSPS) is 16.9. The minimum Gasteiger partial charge on any atom is -0.265 e. The second-order valence-electron chi connectivity index (χ2n) is 6.93. The largest absolute Gasteiger partial charge is 0.265 e. The van der Waals surface area contributed by atoms with E-state index in [4.69, 9.17) is 11.6 Å². The maximum Gasteiger partial charge on any atom is 0.264 e. The molecule has 5 heteroatoms. The van der Waals surface area contributed by atoms with Crippen LogP contribution in [0.15, 0.2) is 89.8 Å². The first-order chi connectivity index (χ1) is 13.4. The summed E-state index contributed by atoms with van der Waals surface area (Å²) in [6, 6.07) is 24.2. The molecule has 28 heavy (non-hydrogen) atoms. The minimum atomic E-state index is -3.66. The Bertz CT molecular complexity index is 1110. The van der Waals surface area contributed by atoms with Crippen molar-refractivity contribution in [1.82, 2.24) is 4.31 Å². The number of hydrogen-bond donors (Lipinski definition) is 0. The zero-order valence-electron chi connectivity index (χ0n) is 15.4. The Morgan fingerprint density at radius 1 is 0.893 bits per heavy atom. The van der Waals surface area contributed by atoms with Crippen molar-refractivity contribution in [2.75, 3.05) is 6.54 Å². The van der Waals surface area contributed by atoms with Crippen molar-refractivity contribution in [2.45, 2.75) is 17.7 Å². The van der Waals surface area contributed by atoms with E-state index in [-0.39, 0.29) is 5.92 Å². The van der Waals surface area contributed by atoms with Gasteiger partial charge in [0.05, 0.1) is 10.6 Å². The first-order valence-electron chi connectivity index (χ1n) is 9.07. The average Bonchev–Trinajstić information content (AvgIpc) is 3.16. The van der Waals surface area contributed by atoms with E-state index in [0.29, 0.717) is 22.2 Å². The van der Waals surface area contributed by atoms with Gasteiger partial charge in [-0.2, -0.15) is 0 Å². The van der Waals surface area contributed by atoms with E-state index < -0.39 is 10.0 Å². The molecule has 4 rings (SSSR count). The van der Waals surface area contributed by atoms with Crippen LogP contribution in [0, 0.1) is 6.92 Å². The molecule has 3 aromatic carbocycles. The van der Waals surface area contributed by atoms with Crippen molar-refractivity contribution < 1.29 is 8.42 Å². The first kappa shape index (κ1) is 18.8. The molecule has 0 N–H and O–H groups in total. The van der Waals surface area contributed by atoms with Crippen LogP contribution in [0.5, 0.6) is 0 Å². The molecule has 3 nitrogen and oxygen atoms in total. The van der Waals surface area contributed by atoms with Gasteiger partial charge in [-0.25, -0.2) is 8.42 Å². The summed E-state index contributed by atoms with van der Waals surface area (Å²) in [5.74, 6) is -0.0345. The molecule has 0 radical (unpaired) electrons. The summed E-state index contributed by atoms with van der Waals surface area (Å²) < 4.78 is 28.4. The van der Waals surface area contributed by atoms with Crippen LogP contribution in [0.1, 0.15) is 22.6 Å². The SMILES string of the molecule is Cc1ccc(S(=O)(=O)N2CC(c3ccc(Cl)cc3)C=C2c2ccccc2)cc1. The fourth-order valence-electron chi connectivity index (χ4n) is 3.43. The lowest BCUT2D eigenvalue weighted by molar-refractivity contribution is 0.515. The van der Waals surface area contributed by atoms with Gasteiger partial charge in [-0.1, -0.05) is 77.8 Å². The van der Waals surface area contributed by atoms with E-state index in [0.717, 1.165) is 16.7 Å². The lowest BCUT2D eigenvalue weighted by Crippen LogP contribution is -2.28. The van der Waals surface area contributed by atoms with Crippen LogP contribution in [0.4, 0.5) is 0 Å². The van der Waals surface area contributed by atoms with Gasteiger partial charge in [0, 0.05) is 17.5 Å². The highest BCUT2D eigenvalue weighted by molar-refractivity contribution is 7.89. The van der Waals surface area contributed by atoms with E-state index in [1.54, 1.807) is 12.1 Å². The third-order valence-electron chi connectivity index (χ3n) is 4.97. The van der Waals surface area contributed by atoms with Crippen molar-refractivity contribution in [3.8, 4) is 0 Å². The Kier molecular flexibility index (Phi) is 5.00. The maximum absolute atomic E-state index is 13.4. The monoisotopic (exact) mass is 409 g/mol. The second-order valence-corrected chi connectivity index (χ2v) is 9.22. The molecule has 0 saturated carbocycles. The first-order valence-corrected chi connectivity index (χ1v) is 10.9. The number of sulfonamides is 1. The van der Waals surface area contributed by atoms with Gasteiger partial charge in [0.1, 0.15) is 0 Å². The van der Waals surface area contributed by atoms with Gasteiger partial charge in [0.2, 0.25) is 0 Å². The lowest BCUT2D eigenvalue weighted by atomic mass is 10.00. The molecule has 0 aromatic heterocycles. The van der Waals surface area contributed by atoms with Crippen molar-refractivity contribution in [1.29, 1.82) is 0 Å². The predicted molar refractivity (Wildman–Crippen MR) is 114 cm³/mol. The van der Waals surface area contributed by atoms with E-state index in [1.807, 2.05) is 79.7 Å². The van der Waals surface area contributed by atoms with Gasteiger partial charge >= 0.3 is 0 Å². The molecule has 0 aliphatic carbocycles. The number of halogens is 1. The molecular weight excluding hydrogens is 390 g/mol. The van der Waals surface area contributed by atoms with E-state index in [2.05, 4.69) is 0 Å². The highest BCUT2D eigenvalue weighted by atomic mass is 35.5. The maximum atomic E-state index is 13.4. The van der Waals surface area contributed by atoms with Gasteiger partial charge in [-0.15, -0.1) is 0 Å². The molecule has 0 bridgehead atoms. The molecule has 0 saturated heterocycles. The van der Waals surface area contributed by atoms with Crippen LogP contribution in [-0.2, 0) is 10.0 Å². The highest BCUT2D eigenvalue weighted by Crippen LogP contribution is 2.38. The van der Waals surface area contributed by atoms with Gasteiger partial charge in [-0.3, -0.25) is 4.31 Å². The van der Waals surface area contributed by atoms with Crippen molar-refractivity contribution in [3.63, 3.8) is 0 Å². The molecule has 0 amide bonds. The Labute approximate surface area is 170 Å². The zero-order valence-corrected chi connectivity index (χ0v) is 17.0. The lowest BCUT2D eigenvalue weighted by Gasteiger charge is -2.23. The summed E-state index contributed by atoms with van der Waals surface area (Å²) in [5.41, 5.74) is 3.66. The second kappa shape index (κ2) is 7.46. The standard InChI is InChI=1S/C23H20ClNO2S/c1-17-7-13-22(14-8-17)28(26,27)25-16-20(18-9-11-21(24)12-10-18)15-23(25)19-5-3-2-4-6-19/h2-15,20H,16H2,1H3. The van der Waals surface area contributed by atoms with Crippen LogP contribution < -0.4 is 0 Å². The number of rotatable bonds is 4. The summed E-state index contributed by atoms with van der Waals surface area (Å²) in [6.45, 7) is 2.31. The van der Waals surface area contributed by atoms with Crippen molar-refractivity contribution in [3.05, 3.63) is 107 Å². The summed E-state index contributed by atoms with van der Waals surface area (Å²) in [5, 5.41) is 0.665. The van der Waals surface area contributed by atoms with Crippen LogP contribution in [0.25, 0.3) is 5.70 Å². The molecule has 1 aliphatic heterocycles. The quantitative estimate of drug-likeness (QED) is 0.572. The number of benzene rings is 3. The van der Waals surface area contributed by atoms with Crippen LogP contribution >= 0.6 is 11.6 Å². The molecular formula is C23H20ClNO2S. The fourth-order valence-corrected chi connectivity index (χ4v) is 5.07. The smallest absolute Gasteiger partial charge is 0.264 e. The topological polar surface area (TPSA) is 37.4 Å². The van der Waals surface area contributed by atoms with E-state index in [1.165, 1.54) is 4.31 Å². The Morgan fingerprint density at radius 2 is 1.54 bits per heavy atom. The van der Waals surface area contributed by atoms with E-state index in [9.17, 15) is 8.42 Å². The summed E-state index contributed by atoms with van der Waals surface area (Å²) in [7, 11) is -3.66. The molecule has 3 aromatic rings. The molecule has 142 valence electrons. The molecule has 1 atom stereocenters. The van der Waals surface area contributed by atoms with Gasteiger partial charge in [0.25, 0.3) is 10.0 Å². The van der Waals surface area contributed by atoms with Crippen molar-refractivity contribution in [2.24, 2.45) is 0 Å². The van der Waals surface area contributed by atoms with Crippen LogP contribution in [0.3, 0.4) is 0 Å². The summed E-state index contributed by atoms with van der Waals surface area (Å²) in [6.07, 6.45) is 2.03. The van der Waals surface area contributed by atoms with Gasteiger partial charge in [-0.05, 0) is 42.3 Å². The average molecular weight is 410 g/mol. The predicted octanol–water partition coefficient (Wildman–Crippen LogP) is 5.48. The Morgan fingerprint density at radius 3 is 2.18 bits per heavy atom. The molecule has 1 aliphatic rings. The van der Waals surface area contributed by atoms with Crippen molar-refractivity contribution >= 4 is 27.3 Å². The van der Waals surface area contributed by atoms with Gasteiger partial charge < -0.3 is 0 Å². The van der Waals surface area contributed by atoms with Crippen LogP contribution in [0.2, 0.25) is 5.02 Å². The fraction of sp³-hybridized carbons (Fsp3) is 0.130. The molecule has 0 spiro atoms. The molecule has 1 unspecified atom stereocenters. The third-order valence-corrected chi connectivity index (χ3v) is 7.01.